The lowest BCUT2D eigenvalue weighted by atomic mass is 10.0. The van der Waals surface area contributed by atoms with Gasteiger partial charge >= 0.3 is 6.18 Å². The van der Waals surface area contributed by atoms with Gasteiger partial charge in [0.2, 0.25) is 11.9 Å². The summed E-state index contributed by atoms with van der Waals surface area (Å²) >= 11 is 0. The first-order chi connectivity index (χ1) is 14.8. The average Bonchev–Trinajstić information content (AvgIpc) is 3.12. The molecule has 1 saturated heterocycles. The summed E-state index contributed by atoms with van der Waals surface area (Å²) < 4.78 is 38.7. The van der Waals surface area contributed by atoms with Gasteiger partial charge in [-0.2, -0.15) is 13.2 Å². The largest absolute Gasteiger partial charge is 0.433 e. The van der Waals surface area contributed by atoms with Gasteiger partial charge in [-0.25, -0.2) is 9.97 Å². The van der Waals surface area contributed by atoms with Crippen LogP contribution in [0.4, 0.5) is 24.8 Å². The summed E-state index contributed by atoms with van der Waals surface area (Å²) in [5, 5.41) is 2.85. The van der Waals surface area contributed by atoms with Crippen molar-refractivity contribution in [3.05, 3.63) is 65.7 Å². The normalized spacial score (nSPS) is 14.2. The highest BCUT2D eigenvalue weighted by Gasteiger charge is 2.32. The van der Waals surface area contributed by atoms with Crippen LogP contribution in [0.15, 0.2) is 48.8 Å². The summed E-state index contributed by atoms with van der Waals surface area (Å²) in [7, 11) is 0. The van der Waals surface area contributed by atoms with Crippen LogP contribution in [0.2, 0.25) is 0 Å². The first-order valence-corrected chi connectivity index (χ1v) is 9.80. The number of amides is 1. The van der Waals surface area contributed by atoms with Crippen LogP contribution >= 0.6 is 0 Å². The molecule has 1 aliphatic heterocycles. The van der Waals surface area contributed by atoms with E-state index in [2.05, 4.69) is 20.3 Å². The summed E-state index contributed by atoms with van der Waals surface area (Å²) in [6, 6.07) is 10.2. The van der Waals surface area contributed by atoms with E-state index in [1.165, 1.54) is 0 Å². The Morgan fingerprint density at radius 2 is 1.94 bits per heavy atom. The van der Waals surface area contributed by atoms with Crippen LogP contribution < -0.4 is 5.32 Å². The van der Waals surface area contributed by atoms with Crippen LogP contribution in [0.3, 0.4) is 0 Å². The molecular weight excluding hydrogens is 407 g/mol. The van der Waals surface area contributed by atoms with E-state index in [0.29, 0.717) is 18.7 Å². The van der Waals surface area contributed by atoms with Gasteiger partial charge in [-0.05, 0) is 48.7 Å². The molecule has 2 aromatic heterocycles. The van der Waals surface area contributed by atoms with Crippen molar-refractivity contribution in [2.45, 2.75) is 32.5 Å². The number of pyridine rings is 1. The molecule has 9 heteroatoms. The Hall–Kier alpha value is -3.49. The van der Waals surface area contributed by atoms with Crippen molar-refractivity contribution in [2.24, 2.45) is 0 Å². The number of nitrogens with zero attached hydrogens (tertiary/aromatic N) is 4. The quantitative estimate of drug-likeness (QED) is 0.637. The lowest BCUT2D eigenvalue weighted by molar-refractivity contribution is -0.141. The number of anilines is 2. The summed E-state index contributed by atoms with van der Waals surface area (Å²) in [6.07, 6.45) is -0.264. The third kappa shape index (κ3) is 4.99. The standard InChI is InChI=1S/C22H20F3N5O/c1-14-9-16(15-4-5-17(27-12-15)13-30-8-2-3-20(30)31)11-18(10-14)28-21-26-7-6-19(29-21)22(23,24)25/h4-7,9-12H,2-3,8,13H2,1H3,(H,26,28,29). The second kappa shape index (κ2) is 8.33. The molecule has 3 heterocycles. The molecule has 3 aromatic rings. The van der Waals surface area contributed by atoms with Gasteiger partial charge in [-0.3, -0.25) is 9.78 Å². The Morgan fingerprint density at radius 3 is 2.61 bits per heavy atom. The van der Waals surface area contributed by atoms with Crippen molar-refractivity contribution in [1.29, 1.82) is 0 Å². The number of nitrogens with one attached hydrogen (secondary N) is 1. The number of carbonyl (C=O) groups excluding carboxylic acids is 1. The number of hydrogen-bond acceptors (Lipinski definition) is 5. The molecule has 0 unspecified atom stereocenters. The zero-order valence-electron chi connectivity index (χ0n) is 16.8. The Kier molecular flexibility index (Phi) is 5.58. The number of likely N-dealkylation sites (tertiary alicyclic amines) is 1. The maximum atomic E-state index is 12.9. The molecule has 1 fully saturated rings. The molecule has 0 atom stereocenters. The maximum Gasteiger partial charge on any atom is 0.433 e. The SMILES string of the molecule is Cc1cc(Nc2nccc(C(F)(F)F)n2)cc(-c2ccc(CN3CCCC3=O)nc2)c1. The average molecular weight is 427 g/mol. The van der Waals surface area contributed by atoms with Crippen molar-refractivity contribution >= 4 is 17.5 Å². The highest BCUT2D eigenvalue weighted by molar-refractivity contribution is 5.78. The molecule has 6 nitrogen and oxygen atoms in total. The van der Waals surface area contributed by atoms with Gasteiger partial charge in [0, 0.05) is 36.6 Å². The summed E-state index contributed by atoms with van der Waals surface area (Å²) in [5.74, 6) is 0.0206. The molecule has 0 spiro atoms. The van der Waals surface area contributed by atoms with Crippen LogP contribution in [-0.2, 0) is 17.5 Å². The molecule has 160 valence electrons. The van der Waals surface area contributed by atoms with E-state index in [1.54, 1.807) is 23.2 Å². The minimum Gasteiger partial charge on any atom is -0.337 e. The van der Waals surface area contributed by atoms with Crippen LogP contribution in [0, 0.1) is 6.92 Å². The number of alkyl halides is 3. The van der Waals surface area contributed by atoms with Crippen LogP contribution in [-0.4, -0.2) is 32.3 Å². The van der Waals surface area contributed by atoms with E-state index < -0.39 is 11.9 Å². The Morgan fingerprint density at radius 1 is 1.10 bits per heavy atom. The number of halogens is 3. The van der Waals surface area contributed by atoms with Gasteiger partial charge in [-0.1, -0.05) is 12.1 Å². The fourth-order valence-electron chi connectivity index (χ4n) is 3.48. The van der Waals surface area contributed by atoms with E-state index in [-0.39, 0.29) is 11.9 Å². The third-order valence-electron chi connectivity index (χ3n) is 4.96. The Labute approximate surface area is 177 Å². The van der Waals surface area contributed by atoms with Gasteiger partial charge < -0.3 is 10.2 Å². The molecule has 1 N–H and O–H groups in total. The molecule has 4 rings (SSSR count). The zero-order chi connectivity index (χ0) is 22.0. The Balaban J connectivity index is 1.53. The smallest absolute Gasteiger partial charge is 0.337 e. The minimum atomic E-state index is -4.54. The van der Waals surface area contributed by atoms with Gasteiger partial charge in [0.1, 0.15) is 5.69 Å². The van der Waals surface area contributed by atoms with E-state index in [9.17, 15) is 18.0 Å². The van der Waals surface area contributed by atoms with E-state index >= 15 is 0 Å². The molecule has 0 radical (unpaired) electrons. The highest BCUT2D eigenvalue weighted by Crippen LogP contribution is 2.29. The lowest BCUT2D eigenvalue weighted by Gasteiger charge is -2.15. The fourth-order valence-corrected chi connectivity index (χ4v) is 3.48. The molecule has 1 aliphatic rings. The number of aromatic nitrogens is 3. The first kappa shape index (κ1) is 20.8. The van der Waals surface area contributed by atoms with Crippen molar-refractivity contribution in [3.63, 3.8) is 0 Å². The van der Waals surface area contributed by atoms with Crippen LogP contribution in [0.25, 0.3) is 11.1 Å². The monoisotopic (exact) mass is 427 g/mol. The lowest BCUT2D eigenvalue weighted by Crippen LogP contribution is -2.24. The predicted octanol–water partition coefficient (Wildman–Crippen LogP) is 4.73. The molecular formula is C22H20F3N5O. The van der Waals surface area contributed by atoms with Crippen molar-refractivity contribution < 1.29 is 18.0 Å². The van der Waals surface area contributed by atoms with E-state index in [1.807, 2.05) is 25.1 Å². The Bertz CT molecular complexity index is 1100. The van der Waals surface area contributed by atoms with Crippen LogP contribution in [0.1, 0.15) is 29.8 Å². The summed E-state index contributed by atoms with van der Waals surface area (Å²) in [5.41, 5.74) is 3.00. The molecule has 0 aliphatic carbocycles. The molecule has 0 saturated carbocycles. The molecule has 1 aromatic carbocycles. The maximum absolute atomic E-state index is 12.9. The molecule has 31 heavy (non-hydrogen) atoms. The van der Waals surface area contributed by atoms with Crippen LogP contribution in [0.5, 0.6) is 0 Å². The van der Waals surface area contributed by atoms with Gasteiger partial charge in [0.05, 0.1) is 12.2 Å². The molecule has 1 amide bonds. The first-order valence-electron chi connectivity index (χ1n) is 9.80. The van der Waals surface area contributed by atoms with Gasteiger partial charge in [-0.15, -0.1) is 0 Å². The molecule has 0 bridgehead atoms. The number of carbonyl (C=O) groups is 1. The summed E-state index contributed by atoms with van der Waals surface area (Å²) in [6.45, 7) is 3.14. The topological polar surface area (TPSA) is 71.0 Å². The third-order valence-corrected chi connectivity index (χ3v) is 4.96. The van der Waals surface area contributed by atoms with Crippen molar-refractivity contribution in [2.75, 3.05) is 11.9 Å². The second-order valence-corrected chi connectivity index (χ2v) is 7.43. The number of benzene rings is 1. The van der Waals surface area contributed by atoms with Crippen molar-refractivity contribution in [1.82, 2.24) is 19.9 Å². The number of aryl methyl sites for hydroxylation is 1. The van der Waals surface area contributed by atoms with Gasteiger partial charge in [0.15, 0.2) is 0 Å². The second-order valence-electron chi connectivity index (χ2n) is 7.43. The highest BCUT2D eigenvalue weighted by atomic mass is 19.4. The fraction of sp³-hybridized carbons (Fsp3) is 0.273. The summed E-state index contributed by atoms with van der Waals surface area (Å²) in [4.78, 5) is 25.5. The predicted molar refractivity (Wildman–Crippen MR) is 109 cm³/mol. The van der Waals surface area contributed by atoms with E-state index in [4.69, 9.17) is 0 Å². The van der Waals surface area contributed by atoms with Crippen molar-refractivity contribution in [3.8, 4) is 11.1 Å². The number of hydrogen-bond donors (Lipinski definition) is 1. The number of rotatable bonds is 5. The van der Waals surface area contributed by atoms with E-state index in [0.717, 1.165) is 47.6 Å². The zero-order valence-corrected chi connectivity index (χ0v) is 16.8. The minimum absolute atomic E-state index is 0.130. The van der Waals surface area contributed by atoms with Gasteiger partial charge in [0.25, 0.3) is 0 Å².